The number of nitrogens with two attached hydrogens (primary N) is 1. The number of carbonyl (C=O) groups is 1. The van der Waals surface area contributed by atoms with Gasteiger partial charge >= 0.3 is 0 Å². The highest BCUT2D eigenvalue weighted by Gasteiger charge is 2.26. The number of hydrogen-bond acceptors (Lipinski definition) is 5. The Kier molecular flexibility index (Phi) is 4.39. The van der Waals surface area contributed by atoms with Crippen molar-refractivity contribution in [1.29, 1.82) is 0 Å². The first-order valence-electron chi connectivity index (χ1n) is 9.13. The molecule has 2 heterocycles. The van der Waals surface area contributed by atoms with Gasteiger partial charge in [-0.1, -0.05) is 6.07 Å². The molecule has 0 spiro atoms. The van der Waals surface area contributed by atoms with Gasteiger partial charge in [-0.05, 0) is 61.2 Å². The number of aromatic nitrogens is 1. The summed E-state index contributed by atoms with van der Waals surface area (Å²) in [6.45, 7) is 2.55. The van der Waals surface area contributed by atoms with Crippen LogP contribution in [0.1, 0.15) is 27.9 Å². The largest absolute Gasteiger partial charge is 0.508 e. The number of rotatable bonds is 2. The fourth-order valence-electron chi connectivity index (χ4n) is 3.70. The van der Waals surface area contributed by atoms with Gasteiger partial charge in [0.1, 0.15) is 11.5 Å². The third-order valence-electron chi connectivity index (χ3n) is 5.03. The average molecular weight is 375 g/mol. The minimum atomic E-state index is -0.284. The predicted octanol–water partition coefficient (Wildman–Crippen LogP) is 3.64. The number of hydrogen-bond donors (Lipinski definition) is 3. The van der Waals surface area contributed by atoms with Crippen LogP contribution in [0.2, 0.25) is 0 Å². The van der Waals surface area contributed by atoms with Crippen LogP contribution in [0, 0.1) is 6.92 Å². The van der Waals surface area contributed by atoms with E-state index in [9.17, 15) is 15.0 Å². The molecule has 1 aromatic heterocycles. The Morgan fingerprint density at radius 1 is 1.14 bits per heavy atom. The van der Waals surface area contributed by atoms with Crippen molar-refractivity contribution < 1.29 is 15.0 Å². The summed E-state index contributed by atoms with van der Waals surface area (Å²) in [7, 11) is 0. The van der Waals surface area contributed by atoms with Gasteiger partial charge in [-0.3, -0.25) is 9.78 Å². The van der Waals surface area contributed by atoms with E-state index < -0.39 is 0 Å². The molecular formula is C22H21N3O3. The smallest absolute Gasteiger partial charge is 0.262 e. The maximum atomic E-state index is 13.0. The molecule has 0 saturated heterocycles. The third-order valence-corrected chi connectivity index (χ3v) is 5.03. The zero-order valence-electron chi connectivity index (χ0n) is 15.5. The minimum absolute atomic E-state index is 0.0795. The fourth-order valence-corrected chi connectivity index (χ4v) is 3.70. The number of phenolic OH excluding ortho intramolecular Hbond substituents is 2. The summed E-state index contributed by atoms with van der Waals surface area (Å²) in [6, 6.07) is 11.9. The van der Waals surface area contributed by atoms with Crippen molar-refractivity contribution in [2.75, 3.05) is 17.2 Å². The number of benzene rings is 2. The van der Waals surface area contributed by atoms with Crippen LogP contribution in [-0.2, 0) is 6.42 Å². The first-order chi connectivity index (χ1) is 13.4. The van der Waals surface area contributed by atoms with E-state index in [0.29, 0.717) is 12.2 Å². The van der Waals surface area contributed by atoms with E-state index in [4.69, 9.17) is 5.73 Å². The molecule has 2 aromatic carbocycles. The number of anilines is 2. The molecule has 1 amide bonds. The first-order valence-corrected chi connectivity index (χ1v) is 9.13. The Hall–Kier alpha value is -3.54. The number of amides is 1. The SMILES string of the molecule is Cc1cc(N)cnc1-c1ccc2c(c1)CCCN2C(=O)c1ccc(O)cc1O. The Bertz CT molecular complexity index is 1080. The Morgan fingerprint density at radius 3 is 2.71 bits per heavy atom. The van der Waals surface area contributed by atoms with E-state index in [0.717, 1.165) is 40.9 Å². The van der Waals surface area contributed by atoms with E-state index >= 15 is 0 Å². The van der Waals surface area contributed by atoms with Crippen LogP contribution < -0.4 is 10.6 Å². The van der Waals surface area contributed by atoms with Crippen LogP contribution in [0.4, 0.5) is 11.4 Å². The zero-order valence-corrected chi connectivity index (χ0v) is 15.5. The van der Waals surface area contributed by atoms with E-state index in [2.05, 4.69) is 11.1 Å². The number of carbonyl (C=O) groups excluding carboxylic acids is 1. The topological polar surface area (TPSA) is 99.7 Å². The highest BCUT2D eigenvalue weighted by Crippen LogP contribution is 2.34. The second kappa shape index (κ2) is 6.88. The van der Waals surface area contributed by atoms with Crippen molar-refractivity contribution >= 4 is 17.3 Å². The number of phenols is 2. The van der Waals surface area contributed by atoms with Gasteiger partial charge in [-0.2, -0.15) is 0 Å². The monoisotopic (exact) mass is 375 g/mol. The molecule has 0 unspecified atom stereocenters. The molecule has 1 aliphatic heterocycles. The second-order valence-electron chi connectivity index (χ2n) is 7.04. The van der Waals surface area contributed by atoms with E-state index in [1.165, 1.54) is 18.2 Å². The molecule has 1 aliphatic rings. The molecule has 4 N–H and O–H groups in total. The molecule has 0 atom stereocenters. The number of aromatic hydroxyl groups is 2. The van der Waals surface area contributed by atoms with Gasteiger partial charge < -0.3 is 20.8 Å². The van der Waals surface area contributed by atoms with Gasteiger partial charge in [0, 0.05) is 23.9 Å². The number of nitrogen functional groups attached to an aromatic ring is 1. The fraction of sp³-hybridized carbons (Fsp3) is 0.182. The zero-order chi connectivity index (χ0) is 19.8. The Balaban J connectivity index is 1.71. The van der Waals surface area contributed by atoms with Crippen LogP contribution in [0.5, 0.6) is 11.5 Å². The molecule has 6 heteroatoms. The summed E-state index contributed by atoms with van der Waals surface area (Å²) in [5, 5.41) is 19.5. The van der Waals surface area contributed by atoms with Gasteiger partial charge in [0.2, 0.25) is 0 Å². The van der Waals surface area contributed by atoms with Crippen LogP contribution in [-0.4, -0.2) is 27.6 Å². The lowest BCUT2D eigenvalue weighted by Crippen LogP contribution is -2.35. The highest BCUT2D eigenvalue weighted by atomic mass is 16.3. The van der Waals surface area contributed by atoms with Crippen molar-refractivity contribution in [2.24, 2.45) is 0 Å². The maximum absolute atomic E-state index is 13.0. The van der Waals surface area contributed by atoms with Crippen molar-refractivity contribution in [3.8, 4) is 22.8 Å². The lowest BCUT2D eigenvalue weighted by molar-refractivity contribution is 0.0982. The third kappa shape index (κ3) is 3.13. The summed E-state index contributed by atoms with van der Waals surface area (Å²) in [4.78, 5) is 19.1. The molecule has 142 valence electrons. The maximum Gasteiger partial charge on any atom is 0.262 e. The number of nitrogens with zero attached hydrogens (tertiary/aromatic N) is 2. The quantitative estimate of drug-likeness (QED) is 0.635. The molecular weight excluding hydrogens is 354 g/mol. The average Bonchev–Trinajstić information content (AvgIpc) is 2.66. The highest BCUT2D eigenvalue weighted by molar-refractivity contribution is 6.08. The van der Waals surface area contributed by atoms with Crippen molar-refractivity contribution in [1.82, 2.24) is 4.98 Å². The predicted molar refractivity (Wildman–Crippen MR) is 109 cm³/mol. The van der Waals surface area contributed by atoms with Crippen LogP contribution in [0.25, 0.3) is 11.3 Å². The molecule has 0 fully saturated rings. The van der Waals surface area contributed by atoms with Gasteiger partial charge in [-0.15, -0.1) is 0 Å². The summed E-state index contributed by atoms with van der Waals surface area (Å²) >= 11 is 0. The first kappa shape index (κ1) is 17.9. The van der Waals surface area contributed by atoms with Gasteiger partial charge in [0.05, 0.1) is 23.1 Å². The van der Waals surface area contributed by atoms with E-state index in [1.807, 2.05) is 25.1 Å². The van der Waals surface area contributed by atoms with Crippen LogP contribution >= 0.6 is 0 Å². The number of fused-ring (bicyclic) bond motifs is 1. The summed E-state index contributed by atoms with van der Waals surface area (Å²) in [5.41, 5.74) is 11.4. The van der Waals surface area contributed by atoms with Crippen LogP contribution in [0.3, 0.4) is 0 Å². The molecule has 0 radical (unpaired) electrons. The van der Waals surface area contributed by atoms with Crippen LogP contribution in [0.15, 0.2) is 48.7 Å². The molecule has 4 rings (SSSR count). The molecule has 3 aromatic rings. The Morgan fingerprint density at radius 2 is 1.96 bits per heavy atom. The number of aryl methyl sites for hydroxylation is 2. The molecule has 28 heavy (non-hydrogen) atoms. The number of pyridine rings is 1. The normalized spacial score (nSPS) is 13.2. The molecule has 0 aliphatic carbocycles. The standard InChI is InChI=1S/C22H21N3O3/c1-13-9-16(23)12-24-21(13)15-4-7-19-14(10-15)3-2-8-25(19)22(28)18-6-5-17(26)11-20(18)27/h4-7,9-12,26-27H,2-3,8,23H2,1H3. The minimum Gasteiger partial charge on any atom is -0.508 e. The van der Waals surface area contributed by atoms with E-state index in [1.54, 1.807) is 11.1 Å². The Labute approximate surface area is 162 Å². The lowest BCUT2D eigenvalue weighted by atomic mass is 9.96. The second-order valence-corrected chi connectivity index (χ2v) is 7.04. The molecule has 6 nitrogen and oxygen atoms in total. The van der Waals surface area contributed by atoms with Gasteiger partial charge in [-0.25, -0.2) is 0 Å². The lowest BCUT2D eigenvalue weighted by Gasteiger charge is -2.30. The summed E-state index contributed by atoms with van der Waals surface area (Å²) < 4.78 is 0. The van der Waals surface area contributed by atoms with Gasteiger partial charge in [0.25, 0.3) is 5.91 Å². The molecule has 0 bridgehead atoms. The molecule has 0 saturated carbocycles. The van der Waals surface area contributed by atoms with Crippen molar-refractivity contribution in [3.05, 3.63) is 65.4 Å². The van der Waals surface area contributed by atoms with Crippen molar-refractivity contribution in [2.45, 2.75) is 19.8 Å². The van der Waals surface area contributed by atoms with E-state index in [-0.39, 0.29) is 23.0 Å². The van der Waals surface area contributed by atoms with Gasteiger partial charge in [0.15, 0.2) is 0 Å². The summed E-state index contributed by atoms with van der Waals surface area (Å²) in [6.07, 6.45) is 3.34. The summed E-state index contributed by atoms with van der Waals surface area (Å²) in [5.74, 6) is -0.590. The van der Waals surface area contributed by atoms with Crippen molar-refractivity contribution in [3.63, 3.8) is 0 Å².